The van der Waals surface area contributed by atoms with Gasteiger partial charge in [0.25, 0.3) is 0 Å². The van der Waals surface area contributed by atoms with Gasteiger partial charge in [-0.15, -0.1) is 0 Å². The molecule has 1 aliphatic carbocycles. The monoisotopic (exact) mass is 497 g/mol. The second kappa shape index (κ2) is 11.6. The van der Waals surface area contributed by atoms with E-state index in [1.54, 1.807) is 25.7 Å². The van der Waals surface area contributed by atoms with Crippen LogP contribution in [0.3, 0.4) is 0 Å². The highest BCUT2D eigenvalue weighted by Gasteiger charge is 2.43. The summed E-state index contributed by atoms with van der Waals surface area (Å²) in [4.78, 5) is 41.4. The Labute approximate surface area is 213 Å². The first-order valence-corrected chi connectivity index (χ1v) is 12.5. The molecule has 0 heterocycles. The number of amides is 3. The highest BCUT2D eigenvalue weighted by Crippen LogP contribution is 2.36. The highest BCUT2D eigenvalue weighted by atomic mass is 32.1. The molecule has 0 aliphatic heterocycles. The van der Waals surface area contributed by atoms with E-state index in [0.717, 1.165) is 29.5 Å². The molecule has 8 heteroatoms. The van der Waals surface area contributed by atoms with Gasteiger partial charge in [-0.25, -0.2) is 4.79 Å². The molecule has 0 spiro atoms. The maximum Gasteiger partial charge on any atom is 0.408 e. The van der Waals surface area contributed by atoms with Crippen molar-refractivity contribution in [2.75, 3.05) is 5.75 Å². The smallest absolute Gasteiger partial charge is 0.408 e. The number of rotatable bonds is 9. The Morgan fingerprint density at radius 1 is 1.09 bits per heavy atom. The lowest BCUT2D eigenvalue weighted by atomic mass is 10.0. The van der Waals surface area contributed by atoms with E-state index < -0.39 is 23.8 Å². The summed E-state index contributed by atoms with van der Waals surface area (Å²) in [6.45, 7) is 7.56. The Hall–Kier alpha value is -3.00. The summed E-state index contributed by atoms with van der Waals surface area (Å²) in [6.07, 6.45) is 0.901. The molecule has 0 radical (unpaired) electrons. The van der Waals surface area contributed by atoms with Gasteiger partial charge in [-0.05, 0) is 51.7 Å². The summed E-state index contributed by atoms with van der Waals surface area (Å²) < 4.78 is 5.34. The van der Waals surface area contributed by atoms with Crippen LogP contribution in [0.1, 0.15) is 56.3 Å². The summed E-state index contributed by atoms with van der Waals surface area (Å²) in [5, 5.41) is 5.64. The number of hydrogen-bond acceptors (Lipinski definition) is 5. The van der Waals surface area contributed by atoms with E-state index in [1.165, 1.54) is 0 Å². The molecule has 2 atom stereocenters. The van der Waals surface area contributed by atoms with Crippen molar-refractivity contribution < 1.29 is 19.1 Å². The fourth-order valence-electron chi connectivity index (χ4n) is 3.85. The quantitative estimate of drug-likeness (QED) is 0.454. The predicted octanol–water partition coefficient (Wildman–Crippen LogP) is 4.17. The van der Waals surface area contributed by atoms with Crippen LogP contribution in [0.4, 0.5) is 4.79 Å². The fourth-order valence-corrected chi connectivity index (χ4v) is 4.09. The average molecular weight is 498 g/mol. The Bertz CT molecular complexity index is 1030. The second-order valence-electron chi connectivity index (χ2n) is 9.88. The Morgan fingerprint density at radius 3 is 2.34 bits per heavy atom. The van der Waals surface area contributed by atoms with Gasteiger partial charge in [-0.2, -0.15) is 12.6 Å². The number of nitrogens with zero attached hydrogens (tertiary/aromatic N) is 1. The lowest BCUT2D eigenvalue weighted by Gasteiger charge is -2.34. The standard InChI is InChI=1S/C27H35N3O4S/c1-18-9-8-12-20(15-18)23(24(31)28-16-19-10-6-5-7-11-19)30(21-13-14-21)25(32)22(17-35)29-26(33)34-27(2,3)4/h5-12,15,21-23,35H,13-14,16-17H2,1-4H3,(H,28,31)(H,29,33). The molecule has 2 aromatic carbocycles. The van der Waals surface area contributed by atoms with Gasteiger partial charge in [-0.3, -0.25) is 9.59 Å². The van der Waals surface area contributed by atoms with Crippen LogP contribution in [0.2, 0.25) is 0 Å². The number of benzene rings is 2. The molecule has 1 aliphatic rings. The lowest BCUT2D eigenvalue weighted by molar-refractivity contribution is -0.142. The lowest BCUT2D eigenvalue weighted by Crippen LogP contribution is -2.54. The van der Waals surface area contributed by atoms with E-state index in [1.807, 2.05) is 61.5 Å². The molecule has 35 heavy (non-hydrogen) atoms. The molecule has 7 nitrogen and oxygen atoms in total. The normalized spacial score (nSPS) is 15.0. The minimum absolute atomic E-state index is 0.0769. The van der Waals surface area contributed by atoms with Gasteiger partial charge >= 0.3 is 6.09 Å². The zero-order valence-electron chi connectivity index (χ0n) is 20.8. The average Bonchev–Trinajstić information content (AvgIpc) is 3.63. The van der Waals surface area contributed by atoms with E-state index in [2.05, 4.69) is 23.3 Å². The molecular weight excluding hydrogens is 462 g/mol. The van der Waals surface area contributed by atoms with Crippen molar-refractivity contribution >= 4 is 30.5 Å². The Balaban J connectivity index is 1.88. The van der Waals surface area contributed by atoms with Crippen LogP contribution in [0, 0.1) is 6.92 Å². The van der Waals surface area contributed by atoms with E-state index in [9.17, 15) is 14.4 Å². The molecular formula is C27H35N3O4S. The summed E-state index contributed by atoms with van der Waals surface area (Å²) in [5.41, 5.74) is 1.98. The number of carbonyl (C=O) groups excluding carboxylic acids is 3. The summed E-state index contributed by atoms with van der Waals surface area (Å²) in [5.74, 6) is -0.544. The van der Waals surface area contributed by atoms with Crippen LogP contribution in [0.25, 0.3) is 0 Å². The van der Waals surface area contributed by atoms with E-state index in [4.69, 9.17) is 4.74 Å². The second-order valence-corrected chi connectivity index (χ2v) is 10.2. The third kappa shape index (κ3) is 7.75. The number of hydrogen-bond donors (Lipinski definition) is 3. The highest BCUT2D eigenvalue weighted by molar-refractivity contribution is 7.80. The van der Waals surface area contributed by atoms with Crippen molar-refractivity contribution in [3.05, 3.63) is 71.3 Å². The molecule has 1 saturated carbocycles. The maximum atomic E-state index is 13.8. The number of alkyl carbamates (subject to hydrolysis) is 1. The van der Waals surface area contributed by atoms with Gasteiger partial charge in [0.1, 0.15) is 17.7 Å². The minimum Gasteiger partial charge on any atom is -0.444 e. The van der Waals surface area contributed by atoms with Crippen LogP contribution >= 0.6 is 12.6 Å². The Morgan fingerprint density at radius 2 is 1.77 bits per heavy atom. The largest absolute Gasteiger partial charge is 0.444 e. The minimum atomic E-state index is -0.928. The van der Waals surface area contributed by atoms with Crippen LogP contribution in [-0.4, -0.2) is 46.2 Å². The van der Waals surface area contributed by atoms with E-state index in [-0.39, 0.29) is 23.6 Å². The SMILES string of the molecule is Cc1cccc(C(C(=O)NCc2ccccc2)N(C(=O)C(CS)NC(=O)OC(C)(C)C)C2CC2)c1. The topological polar surface area (TPSA) is 87.7 Å². The van der Waals surface area contributed by atoms with Crippen LogP contribution in [0.15, 0.2) is 54.6 Å². The number of aryl methyl sites for hydroxylation is 1. The zero-order chi connectivity index (χ0) is 25.6. The van der Waals surface area contributed by atoms with Gasteiger partial charge in [0.05, 0.1) is 0 Å². The van der Waals surface area contributed by atoms with Crippen molar-refractivity contribution in [3.63, 3.8) is 0 Å². The summed E-state index contributed by atoms with van der Waals surface area (Å²) >= 11 is 4.32. The molecule has 0 bridgehead atoms. The van der Waals surface area contributed by atoms with Gasteiger partial charge in [-0.1, -0.05) is 60.2 Å². The number of ether oxygens (including phenoxy) is 1. The van der Waals surface area contributed by atoms with Crippen molar-refractivity contribution in [2.24, 2.45) is 0 Å². The number of nitrogens with one attached hydrogen (secondary N) is 2. The maximum absolute atomic E-state index is 13.8. The Kier molecular flexibility index (Phi) is 8.83. The van der Waals surface area contributed by atoms with Crippen LogP contribution in [0.5, 0.6) is 0 Å². The summed E-state index contributed by atoms with van der Waals surface area (Å²) in [6, 6.07) is 15.4. The van der Waals surface area contributed by atoms with Crippen molar-refractivity contribution in [3.8, 4) is 0 Å². The first-order chi connectivity index (χ1) is 16.6. The van der Waals surface area contributed by atoms with E-state index in [0.29, 0.717) is 6.54 Å². The summed E-state index contributed by atoms with van der Waals surface area (Å²) in [7, 11) is 0. The molecule has 3 rings (SSSR count). The molecule has 2 N–H and O–H groups in total. The molecule has 0 aromatic heterocycles. The molecule has 2 aromatic rings. The van der Waals surface area contributed by atoms with Crippen molar-refractivity contribution in [1.29, 1.82) is 0 Å². The number of thiol groups is 1. The first kappa shape index (κ1) is 26.6. The third-order valence-electron chi connectivity index (χ3n) is 5.56. The molecule has 2 unspecified atom stereocenters. The van der Waals surface area contributed by atoms with E-state index >= 15 is 0 Å². The fraction of sp³-hybridized carbons (Fsp3) is 0.444. The molecule has 1 fully saturated rings. The predicted molar refractivity (Wildman–Crippen MR) is 139 cm³/mol. The molecule has 3 amide bonds. The van der Waals surface area contributed by atoms with Gasteiger partial charge in [0, 0.05) is 18.3 Å². The van der Waals surface area contributed by atoms with Gasteiger partial charge < -0.3 is 20.3 Å². The number of carbonyl (C=O) groups is 3. The van der Waals surface area contributed by atoms with Gasteiger partial charge in [0.2, 0.25) is 11.8 Å². The zero-order valence-corrected chi connectivity index (χ0v) is 21.7. The van der Waals surface area contributed by atoms with Gasteiger partial charge in [0.15, 0.2) is 0 Å². The molecule has 0 saturated heterocycles. The van der Waals surface area contributed by atoms with Crippen LogP contribution < -0.4 is 10.6 Å². The van der Waals surface area contributed by atoms with Crippen molar-refractivity contribution in [2.45, 2.75) is 70.8 Å². The third-order valence-corrected chi connectivity index (χ3v) is 5.93. The molecule has 188 valence electrons. The van der Waals surface area contributed by atoms with Crippen LogP contribution in [-0.2, 0) is 20.9 Å². The first-order valence-electron chi connectivity index (χ1n) is 11.9. The van der Waals surface area contributed by atoms with Crippen molar-refractivity contribution in [1.82, 2.24) is 15.5 Å².